The van der Waals surface area contributed by atoms with E-state index >= 15 is 0 Å². The van der Waals surface area contributed by atoms with E-state index in [0.29, 0.717) is 17.1 Å². The van der Waals surface area contributed by atoms with Crippen LogP contribution in [0.4, 0.5) is 0 Å². The van der Waals surface area contributed by atoms with Crippen molar-refractivity contribution in [3.63, 3.8) is 0 Å². The number of hydrogen-bond donors (Lipinski definition) is 2. The normalized spacial score (nSPS) is 34.2. The Balaban J connectivity index is 1.76. The number of hydrogen-bond acceptors (Lipinski definition) is 9. The van der Waals surface area contributed by atoms with Crippen molar-refractivity contribution in [2.24, 2.45) is 0 Å². The van der Waals surface area contributed by atoms with E-state index in [2.05, 4.69) is 0 Å². The van der Waals surface area contributed by atoms with E-state index in [1.54, 1.807) is 64.2 Å². The first-order valence-electron chi connectivity index (χ1n) is 11.0. The lowest BCUT2D eigenvalue weighted by molar-refractivity contribution is -0.236. The fourth-order valence-electron chi connectivity index (χ4n) is 4.70. The lowest BCUT2D eigenvalue weighted by Crippen LogP contribution is -2.66. The maximum atomic E-state index is 11.7. The van der Waals surface area contributed by atoms with Gasteiger partial charge in [-0.2, -0.15) is 0 Å². The summed E-state index contributed by atoms with van der Waals surface area (Å²) in [4.78, 5) is 23.3. The van der Waals surface area contributed by atoms with E-state index in [4.69, 9.17) is 23.4 Å². The summed E-state index contributed by atoms with van der Waals surface area (Å²) in [5.74, 6) is 0.308. The molecule has 7 atom stereocenters. The summed E-state index contributed by atoms with van der Waals surface area (Å²) in [7, 11) is 1.48. The largest absolute Gasteiger partial charge is 0.496 e. The molecule has 9 nitrogen and oxygen atoms in total. The zero-order chi connectivity index (χ0) is 25.3. The van der Waals surface area contributed by atoms with Crippen LogP contribution in [-0.2, 0) is 19.0 Å². The lowest BCUT2D eigenvalue weighted by Gasteiger charge is -2.47. The van der Waals surface area contributed by atoms with E-state index in [1.165, 1.54) is 20.1 Å². The molecule has 3 rings (SSSR count). The van der Waals surface area contributed by atoms with Crippen LogP contribution in [0.2, 0.25) is 0 Å². The average Bonchev–Trinajstić information content (AvgIpc) is 2.93. The Bertz CT molecular complexity index is 1050. The fraction of sp³-hybridized carbons (Fsp3) is 0.520. The number of carbonyl (C=O) groups is 1. The minimum atomic E-state index is -1.26. The van der Waals surface area contributed by atoms with Crippen LogP contribution in [-0.4, -0.2) is 65.0 Å². The van der Waals surface area contributed by atoms with Gasteiger partial charge in [0, 0.05) is 12.5 Å². The molecule has 186 valence electrons. The van der Waals surface area contributed by atoms with Gasteiger partial charge >= 0.3 is 11.6 Å². The second-order valence-electron chi connectivity index (χ2n) is 8.92. The van der Waals surface area contributed by atoms with Gasteiger partial charge in [-0.3, -0.25) is 4.79 Å². The summed E-state index contributed by atoms with van der Waals surface area (Å²) < 4.78 is 28.0. The first-order chi connectivity index (χ1) is 15.9. The third-order valence-electron chi connectivity index (χ3n) is 6.30. The molecule has 2 bridgehead atoms. The Kier molecular flexibility index (Phi) is 7.52. The summed E-state index contributed by atoms with van der Waals surface area (Å²) in [6.45, 7) is 7.98. The van der Waals surface area contributed by atoms with Crippen LogP contribution < -0.4 is 10.4 Å². The number of aliphatic hydroxyl groups excluding tert-OH is 2. The number of esters is 1. The van der Waals surface area contributed by atoms with Crippen molar-refractivity contribution in [1.29, 1.82) is 0 Å². The van der Waals surface area contributed by atoms with Gasteiger partial charge < -0.3 is 33.6 Å². The molecular weight excluding hydrogens is 444 g/mol. The Morgan fingerprint density at radius 1 is 1.18 bits per heavy atom. The molecule has 0 amide bonds. The first-order valence-corrected chi connectivity index (χ1v) is 11.0. The Morgan fingerprint density at radius 2 is 1.85 bits per heavy atom. The third kappa shape index (κ3) is 4.74. The number of rotatable bonds is 7. The molecule has 0 aromatic carbocycles. The SMILES string of the molecule is COc1cc(=O)oc(C=CC=CC=CC2OC3(C)C(C(C)O)OC(C)(C2O)C3OC(C)=O)c1C. The highest BCUT2D eigenvalue weighted by atomic mass is 16.7. The molecule has 9 heteroatoms. The number of methoxy groups -OCH3 is 1. The topological polar surface area (TPSA) is 125 Å². The quantitative estimate of drug-likeness (QED) is 0.449. The molecule has 1 aromatic rings. The number of fused-ring (bicyclic) bond motifs is 2. The van der Waals surface area contributed by atoms with Crippen LogP contribution in [0.1, 0.15) is 39.0 Å². The van der Waals surface area contributed by atoms with Crippen molar-refractivity contribution in [2.75, 3.05) is 7.11 Å². The fourth-order valence-corrected chi connectivity index (χ4v) is 4.70. The van der Waals surface area contributed by atoms with Gasteiger partial charge in [0.1, 0.15) is 41.0 Å². The molecule has 3 heterocycles. The Labute approximate surface area is 198 Å². The maximum Gasteiger partial charge on any atom is 0.339 e. The Hall–Kier alpha value is -2.72. The minimum Gasteiger partial charge on any atom is -0.496 e. The van der Waals surface area contributed by atoms with Crippen molar-refractivity contribution in [2.45, 2.75) is 76.3 Å². The Morgan fingerprint density at radius 3 is 2.47 bits per heavy atom. The van der Waals surface area contributed by atoms with Crippen LogP contribution in [0.25, 0.3) is 6.08 Å². The number of aliphatic hydroxyl groups is 2. The lowest BCUT2D eigenvalue weighted by atomic mass is 9.77. The minimum absolute atomic E-state index is 0.388. The van der Waals surface area contributed by atoms with Gasteiger partial charge in [0.05, 0.1) is 19.3 Å². The van der Waals surface area contributed by atoms with Gasteiger partial charge in [-0.05, 0) is 33.8 Å². The molecule has 2 N–H and O–H groups in total. The summed E-state index contributed by atoms with van der Waals surface area (Å²) in [5, 5.41) is 21.2. The maximum absolute atomic E-state index is 11.7. The molecule has 2 aliphatic rings. The predicted octanol–water partition coefficient (Wildman–Crippen LogP) is 2.07. The molecule has 7 unspecified atom stereocenters. The molecule has 0 aliphatic carbocycles. The first kappa shape index (κ1) is 25.9. The van der Waals surface area contributed by atoms with E-state index < -0.39 is 53.3 Å². The average molecular weight is 477 g/mol. The van der Waals surface area contributed by atoms with Crippen LogP contribution in [0.3, 0.4) is 0 Å². The smallest absolute Gasteiger partial charge is 0.339 e. The van der Waals surface area contributed by atoms with Crippen molar-refractivity contribution in [1.82, 2.24) is 0 Å². The molecule has 0 spiro atoms. The third-order valence-corrected chi connectivity index (χ3v) is 6.30. The van der Waals surface area contributed by atoms with E-state index in [0.717, 1.165) is 0 Å². The second kappa shape index (κ2) is 9.87. The summed E-state index contributed by atoms with van der Waals surface area (Å²) in [6, 6.07) is 1.28. The standard InChI is InChI=1S/C25H32O9/c1-14-17(32-20(28)13-19(14)30-6)11-9-7-8-10-12-18-21(29)24(4)23(31-16(3)27)25(5,33-18)22(34-24)15(2)26/h7-13,15,18,21-23,26,29H,1-6H3. The van der Waals surface area contributed by atoms with E-state index in [-0.39, 0.29) is 0 Å². The van der Waals surface area contributed by atoms with Gasteiger partial charge in [0.2, 0.25) is 0 Å². The number of allylic oxidation sites excluding steroid dienone is 4. The van der Waals surface area contributed by atoms with Gasteiger partial charge in [-0.25, -0.2) is 4.79 Å². The predicted molar refractivity (Wildman–Crippen MR) is 123 cm³/mol. The highest BCUT2D eigenvalue weighted by molar-refractivity contribution is 5.66. The van der Waals surface area contributed by atoms with Crippen LogP contribution in [0.5, 0.6) is 5.75 Å². The van der Waals surface area contributed by atoms with Crippen LogP contribution in [0.15, 0.2) is 45.7 Å². The van der Waals surface area contributed by atoms with Gasteiger partial charge in [-0.1, -0.05) is 30.4 Å². The molecule has 0 radical (unpaired) electrons. The summed E-state index contributed by atoms with van der Waals surface area (Å²) in [5.41, 5.74) is -2.22. The van der Waals surface area contributed by atoms with Gasteiger partial charge in [0.25, 0.3) is 0 Å². The molecule has 2 aliphatic heterocycles. The van der Waals surface area contributed by atoms with Crippen LogP contribution >= 0.6 is 0 Å². The summed E-state index contributed by atoms with van der Waals surface area (Å²) >= 11 is 0. The summed E-state index contributed by atoms with van der Waals surface area (Å²) in [6.07, 6.45) is 5.63. The number of ether oxygens (including phenoxy) is 4. The monoisotopic (exact) mass is 476 g/mol. The van der Waals surface area contributed by atoms with Gasteiger partial charge in [-0.15, -0.1) is 0 Å². The molecule has 2 saturated heterocycles. The zero-order valence-corrected chi connectivity index (χ0v) is 20.2. The van der Waals surface area contributed by atoms with Gasteiger partial charge in [0.15, 0.2) is 6.10 Å². The second-order valence-corrected chi connectivity index (χ2v) is 8.92. The van der Waals surface area contributed by atoms with E-state index in [9.17, 15) is 19.8 Å². The highest BCUT2D eigenvalue weighted by Crippen LogP contribution is 2.51. The molecule has 2 fully saturated rings. The van der Waals surface area contributed by atoms with Crippen molar-refractivity contribution in [3.8, 4) is 5.75 Å². The molecular formula is C25H32O9. The zero-order valence-electron chi connectivity index (χ0n) is 20.2. The molecule has 34 heavy (non-hydrogen) atoms. The van der Waals surface area contributed by atoms with Crippen molar-refractivity contribution >= 4 is 12.0 Å². The van der Waals surface area contributed by atoms with Crippen molar-refractivity contribution in [3.05, 3.63) is 58.2 Å². The number of carbonyl (C=O) groups excluding carboxylic acids is 1. The highest BCUT2D eigenvalue weighted by Gasteiger charge is 2.71. The van der Waals surface area contributed by atoms with E-state index in [1.807, 2.05) is 0 Å². The molecule has 0 saturated carbocycles. The molecule has 1 aromatic heterocycles. The van der Waals surface area contributed by atoms with Crippen molar-refractivity contribution < 1.29 is 38.4 Å². The van der Waals surface area contributed by atoms with Crippen LogP contribution in [0, 0.1) is 6.92 Å².